The summed E-state index contributed by atoms with van der Waals surface area (Å²) >= 11 is 0. The second-order valence-corrected chi connectivity index (χ2v) is 5.13. The Hall–Kier alpha value is -0.530. The van der Waals surface area contributed by atoms with Gasteiger partial charge in [-0.2, -0.15) is 0 Å². The largest absolute Gasteiger partial charge is 0.335 e. The van der Waals surface area contributed by atoms with E-state index in [9.17, 15) is 4.79 Å². The standard InChI is InChI=1S/C12H25NO/c1-7-8-9-11(14)13(10(2)3)12(4,5)6/h10H,7-9H2,1-6H3. The summed E-state index contributed by atoms with van der Waals surface area (Å²) in [6, 6.07) is 0.291. The molecule has 1 amide bonds. The lowest BCUT2D eigenvalue weighted by Crippen LogP contribution is -2.49. The molecule has 0 aliphatic carbocycles. The number of hydrogen-bond acceptors (Lipinski definition) is 1. The summed E-state index contributed by atoms with van der Waals surface area (Å²) in [6.45, 7) is 12.6. The van der Waals surface area contributed by atoms with Gasteiger partial charge in [-0.15, -0.1) is 0 Å². The molecule has 0 N–H and O–H groups in total. The predicted octanol–water partition coefficient (Wildman–Crippen LogP) is 3.21. The van der Waals surface area contributed by atoms with E-state index in [4.69, 9.17) is 0 Å². The average molecular weight is 199 g/mol. The summed E-state index contributed by atoms with van der Waals surface area (Å²) in [5.74, 6) is 0.286. The van der Waals surface area contributed by atoms with Crippen molar-refractivity contribution in [2.45, 2.75) is 72.4 Å². The molecule has 0 aromatic carbocycles. The van der Waals surface area contributed by atoms with Crippen LogP contribution in [-0.2, 0) is 4.79 Å². The van der Waals surface area contributed by atoms with Gasteiger partial charge in [0, 0.05) is 18.0 Å². The fourth-order valence-electron chi connectivity index (χ4n) is 1.89. The molecular weight excluding hydrogens is 174 g/mol. The van der Waals surface area contributed by atoms with E-state index < -0.39 is 0 Å². The van der Waals surface area contributed by atoms with Crippen LogP contribution in [0.3, 0.4) is 0 Å². The van der Waals surface area contributed by atoms with Crippen LogP contribution in [0.25, 0.3) is 0 Å². The molecule has 0 spiro atoms. The lowest BCUT2D eigenvalue weighted by molar-refractivity contribution is -0.138. The highest BCUT2D eigenvalue weighted by atomic mass is 16.2. The second-order valence-electron chi connectivity index (χ2n) is 5.13. The van der Waals surface area contributed by atoms with Crippen LogP contribution >= 0.6 is 0 Å². The number of amides is 1. The van der Waals surface area contributed by atoms with E-state index >= 15 is 0 Å². The number of unbranched alkanes of at least 4 members (excludes halogenated alkanes) is 1. The summed E-state index contributed by atoms with van der Waals surface area (Å²) < 4.78 is 0. The van der Waals surface area contributed by atoms with Crippen molar-refractivity contribution in [2.24, 2.45) is 0 Å². The zero-order valence-corrected chi connectivity index (χ0v) is 10.6. The first-order valence-corrected chi connectivity index (χ1v) is 5.62. The fourth-order valence-corrected chi connectivity index (χ4v) is 1.89. The minimum atomic E-state index is -0.0566. The minimum Gasteiger partial charge on any atom is -0.335 e. The maximum atomic E-state index is 11.9. The molecule has 0 heterocycles. The van der Waals surface area contributed by atoms with Crippen molar-refractivity contribution >= 4 is 5.91 Å². The van der Waals surface area contributed by atoms with E-state index in [1.54, 1.807) is 0 Å². The normalized spacial score (nSPS) is 11.9. The SMILES string of the molecule is CCCCC(=O)N(C(C)C)C(C)(C)C. The van der Waals surface area contributed by atoms with E-state index in [2.05, 4.69) is 41.5 Å². The van der Waals surface area contributed by atoms with Gasteiger partial charge >= 0.3 is 0 Å². The van der Waals surface area contributed by atoms with E-state index in [-0.39, 0.29) is 11.4 Å². The van der Waals surface area contributed by atoms with Gasteiger partial charge in [-0.1, -0.05) is 13.3 Å². The third-order valence-electron chi connectivity index (χ3n) is 2.25. The first-order valence-electron chi connectivity index (χ1n) is 5.62. The van der Waals surface area contributed by atoms with Gasteiger partial charge in [0.2, 0.25) is 5.91 Å². The van der Waals surface area contributed by atoms with Crippen LogP contribution in [0.1, 0.15) is 60.8 Å². The highest BCUT2D eigenvalue weighted by Crippen LogP contribution is 2.18. The topological polar surface area (TPSA) is 20.3 Å². The van der Waals surface area contributed by atoms with Crippen LogP contribution in [0.4, 0.5) is 0 Å². The van der Waals surface area contributed by atoms with Gasteiger partial charge < -0.3 is 4.90 Å². The fraction of sp³-hybridized carbons (Fsp3) is 0.917. The number of carbonyl (C=O) groups is 1. The molecular formula is C12H25NO. The zero-order valence-electron chi connectivity index (χ0n) is 10.6. The highest BCUT2D eigenvalue weighted by molar-refractivity contribution is 5.77. The molecule has 0 bridgehead atoms. The minimum absolute atomic E-state index is 0.0566. The maximum absolute atomic E-state index is 11.9. The van der Waals surface area contributed by atoms with Crippen LogP contribution in [0, 0.1) is 0 Å². The van der Waals surface area contributed by atoms with Crippen LogP contribution < -0.4 is 0 Å². The summed E-state index contributed by atoms with van der Waals surface area (Å²) in [7, 11) is 0. The number of hydrogen-bond donors (Lipinski definition) is 0. The molecule has 0 fully saturated rings. The van der Waals surface area contributed by atoms with Gasteiger partial charge in [0.05, 0.1) is 0 Å². The third-order valence-corrected chi connectivity index (χ3v) is 2.25. The van der Waals surface area contributed by atoms with Crippen molar-refractivity contribution in [3.63, 3.8) is 0 Å². The summed E-state index contributed by atoms with van der Waals surface area (Å²) in [6.07, 6.45) is 2.77. The second kappa shape index (κ2) is 5.38. The Bertz CT molecular complexity index is 179. The Morgan fingerprint density at radius 1 is 1.29 bits per heavy atom. The summed E-state index contributed by atoms with van der Waals surface area (Å²) in [5, 5.41) is 0. The molecule has 0 radical (unpaired) electrons. The van der Waals surface area contributed by atoms with Gasteiger partial charge in [-0.05, 0) is 41.0 Å². The van der Waals surface area contributed by atoms with Gasteiger partial charge in [0.1, 0.15) is 0 Å². The van der Waals surface area contributed by atoms with E-state index in [1.165, 1.54) is 0 Å². The molecule has 2 nitrogen and oxygen atoms in total. The third kappa shape index (κ3) is 4.12. The van der Waals surface area contributed by atoms with Crippen LogP contribution in [0.5, 0.6) is 0 Å². The summed E-state index contributed by atoms with van der Waals surface area (Å²) in [4.78, 5) is 13.9. The molecule has 0 rings (SSSR count). The number of rotatable bonds is 4. The van der Waals surface area contributed by atoms with Gasteiger partial charge in [-0.25, -0.2) is 0 Å². The molecule has 0 unspecified atom stereocenters. The van der Waals surface area contributed by atoms with E-state index in [1.807, 2.05) is 4.90 Å². The first kappa shape index (κ1) is 13.5. The van der Waals surface area contributed by atoms with Crippen LogP contribution in [0.15, 0.2) is 0 Å². The maximum Gasteiger partial charge on any atom is 0.223 e. The van der Waals surface area contributed by atoms with Crippen LogP contribution in [0.2, 0.25) is 0 Å². The van der Waals surface area contributed by atoms with Crippen molar-refractivity contribution in [2.75, 3.05) is 0 Å². The molecule has 14 heavy (non-hydrogen) atoms. The number of carbonyl (C=O) groups excluding carboxylic acids is 1. The lowest BCUT2D eigenvalue weighted by atomic mass is 10.0. The van der Waals surface area contributed by atoms with E-state index in [0.717, 1.165) is 12.8 Å². The lowest BCUT2D eigenvalue weighted by Gasteiger charge is -2.39. The van der Waals surface area contributed by atoms with Crippen LogP contribution in [-0.4, -0.2) is 22.4 Å². The van der Waals surface area contributed by atoms with Gasteiger partial charge in [-0.3, -0.25) is 4.79 Å². The first-order chi connectivity index (χ1) is 6.30. The Morgan fingerprint density at radius 2 is 1.79 bits per heavy atom. The quantitative estimate of drug-likeness (QED) is 0.681. The van der Waals surface area contributed by atoms with Crippen molar-refractivity contribution in [1.82, 2.24) is 4.90 Å². The van der Waals surface area contributed by atoms with Crippen molar-refractivity contribution in [3.8, 4) is 0 Å². The Morgan fingerprint density at radius 3 is 2.07 bits per heavy atom. The van der Waals surface area contributed by atoms with E-state index in [0.29, 0.717) is 12.5 Å². The van der Waals surface area contributed by atoms with Crippen molar-refractivity contribution < 1.29 is 4.79 Å². The Kier molecular flexibility index (Phi) is 5.17. The van der Waals surface area contributed by atoms with Gasteiger partial charge in [0.15, 0.2) is 0 Å². The molecule has 0 saturated heterocycles. The zero-order chi connectivity index (χ0) is 11.4. The highest BCUT2D eigenvalue weighted by Gasteiger charge is 2.27. The average Bonchev–Trinajstić information content (AvgIpc) is 1.97. The van der Waals surface area contributed by atoms with Gasteiger partial charge in [0.25, 0.3) is 0 Å². The monoisotopic (exact) mass is 199 g/mol. The molecule has 0 saturated carbocycles. The molecule has 0 aromatic heterocycles. The summed E-state index contributed by atoms with van der Waals surface area (Å²) in [5.41, 5.74) is -0.0566. The van der Waals surface area contributed by atoms with Crippen molar-refractivity contribution in [1.29, 1.82) is 0 Å². The smallest absolute Gasteiger partial charge is 0.223 e. The molecule has 0 aliphatic heterocycles. The van der Waals surface area contributed by atoms with Crippen molar-refractivity contribution in [3.05, 3.63) is 0 Å². The molecule has 0 aliphatic rings. The Balaban J connectivity index is 4.43. The number of nitrogens with zero attached hydrogens (tertiary/aromatic N) is 1. The molecule has 0 atom stereocenters. The molecule has 84 valence electrons. The Labute approximate surface area is 88.7 Å². The molecule has 0 aromatic rings. The predicted molar refractivity (Wildman–Crippen MR) is 61.3 cm³/mol. The molecule has 2 heteroatoms.